The Morgan fingerprint density at radius 3 is 2.58 bits per heavy atom. The Balaban J connectivity index is 2.12. The molecule has 0 saturated carbocycles. The number of carbonyl (C=O) groups is 1. The van der Waals surface area contributed by atoms with E-state index in [0.717, 1.165) is 18.2 Å². The van der Waals surface area contributed by atoms with Crippen LogP contribution in [0.5, 0.6) is 0 Å². The SMILES string of the molecule is COC(C)(C)C(=O)Nc1ccc(C#Cc2cc(F)ccc2F)cn1. The lowest BCUT2D eigenvalue weighted by Crippen LogP contribution is -2.39. The van der Waals surface area contributed by atoms with Crippen LogP contribution in [0.2, 0.25) is 0 Å². The van der Waals surface area contributed by atoms with Crippen molar-refractivity contribution in [3.63, 3.8) is 0 Å². The third-order valence-corrected chi connectivity index (χ3v) is 3.33. The highest BCUT2D eigenvalue weighted by atomic mass is 19.1. The lowest BCUT2D eigenvalue weighted by molar-refractivity contribution is -0.133. The molecule has 1 N–H and O–H groups in total. The van der Waals surface area contributed by atoms with Gasteiger partial charge in [-0.2, -0.15) is 0 Å². The molecule has 0 spiro atoms. The van der Waals surface area contributed by atoms with Crippen molar-refractivity contribution in [1.29, 1.82) is 0 Å². The Labute approximate surface area is 138 Å². The predicted molar refractivity (Wildman–Crippen MR) is 86.3 cm³/mol. The fraction of sp³-hybridized carbons (Fsp3) is 0.222. The first kappa shape index (κ1) is 17.6. The summed E-state index contributed by atoms with van der Waals surface area (Å²) in [5, 5.41) is 2.62. The first-order chi connectivity index (χ1) is 11.3. The van der Waals surface area contributed by atoms with Gasteiger partial charge in [-0.15, -0.1) is 0 Å². The van der Waals surface area contributed by atoms with E-state index in [1.807, 2.05) is 0 Å². The van der Waals surface area contributed by atoms with Gasteiger partial charge in [-0.1, -0.05) is 11.8 Å². The molecule has 0 aliphatic carbocycles. The van der Waals surface area contributed by atoms with Gasteiger partial charge in [0.25, 0.3) is 5.91 Å². The third kappa shape index (κ3) is 4.37. The van der Waals surface area contributed by atoms with Gasteiger partial charge in [0.2, 0.25) is 0 Å². The lowest BCUT2D eigenvalue weighted by atomic mass is 10.1. The molecule has 0 saturated heterocycles. The van der Waals surface area contributed by atoms with Gasteiger partial charge < -0.3 is 10.1 Å². The molecule has 4 nitrogen and oxygen atoms in total. The quantitative estimate of drug-likeness (QED) is 0.880. The summed E-state index contributed by atoms with van der Waals surface area (Å²) < 4.78 is 31.6. The van der Waals surface area contributed by atoms with Crippen LogP contribution < -0.4 is 5.32 Å². The first-order valence-corrected chi connectivity index (χ1v) is 7.11. The zero-order valence-corrected chi connectivity index (χ0v) is 13.5. The molecule has 0 aliphatic rings. The minimum Gasteiger partial charge on any atom is -0.369 e. The van der Waals surface area contributed by atoms with Crippen molar-refractivity contribution in [1.82, 2.24) is 4.98 Å². The number of hydrogen-bond donors (Lipinski definition) is 1. The normalized spacial score (nSPS) is 10.7. The molecule has 0 bridgehead atoms. The van der Waals surface area contributed by atoms with Crippen LogP contribution in [0.1, 0.15) is 25.0 Å². The minimum atomic E-state index is -0.977. The van der Waals surface area contributed by atoms with Gasteiger partial charge >= 0.3 is 0 Å². The van der Waals surface area contributed by atoms with Gasteiger partial charge in [0.15, 0.2) is 0 Å². The van der Waals surface area contributed by atoms with E-state index in [4.69, 9.17) is 4.74 Å². The van der Waals surface area contributed by atoms with E-state index in [0.29, 0.717) is 11.4 Å². The van der Waals surface area contributed by atoms with Crippen molar-refractivity contribution in [2.75, 3.05) is 12.4 Å². The third-order valence-electron chi connectivity index (χ3n) is 3.33. The largest absolute Gasteiger partial charge is 0.369 e. The Bertz CT molecular complexity index is 806. The zero-order valence-electron chi connectivity index (χ0n) is 13.5. The maximum absolute atomic E-state index is 13.5. The van der Waals surface area contributed by atoms with Crippen LogP contribution in [0.25, 0.3) is 0 Å². The van der Waals surface area contributed by atoms with Crippen LogP contribution in [0.3, 0.4) is 0 Å². The molecule has 0 unspecified atom stereocenters. The molecule has 24 heavy (non-hydrogen) atoms. The summed E-state index contributed by atoms with van der Waals surface area (Å²) in [5.41, 5.74) is -0.508. The number of ether oxygens (including phenoxy) is 1. The summed E-state index contributed by atoms with van der Waals surface area (Å²) in [6, 6.07) is 6.26. The number of halogens is 2. The second kappa shape index (κ2) is 7.20. The fourth-order valence-corrected chi connectivity index (χ4v) is 1.63. The Kier molecular flexibility index (Phi) is 5.27. The van der Waals surface area contributed by atoms with Crippen molar-refractivity contribution < 1.29 is 18.3 Å². The lowest BCUT2D eigenvalue weighted by Gasteiger charge is -2.21. The molecule has 124 valence electrons. The van der Waals surface area contributed by atoms with Gasteiger partial charge in [0.1, 0.15) is 23.1 Å². The molecule has 6 heteroatoms. The molecule has 0 atom stereocenters. The predicted octanol–water partition coefficient (Wildman–Crippen LogP) is 3.12. The number of hydrogen-bond acceptors (Lipinski definition) is 3. The maximum atomic E-state index is 13.5. The van der Waals surface area contributed by atoms with E-state index in [1.54, 1.807) is 26.0 Å². The van der Waals surface area contributed by atoms with Crippen LogP contribution >= 0.6 is 0 Å². The number of nitrogens with zero attached hydrogens (tertiary/aromatic N) is 1. The number of nitrogens with one attached hydrogen (secondary N) is 1. The molecule has 0 radical (unpaired) electrons. The second-order valence-electron chi connectivity index (χ2n) is 5.47. The highest BCUT2D eigenvalue weighted by molar-refractivity contribution is 5.95. The molecule has 2 rings (SSSR count). The smallest absolute Gasteiger partial charge is 0.257 e. The number of methoxy groups -OCH3 is 1. The fourth-order valence-electron chi connectivity index (χ4n) is 1.63. The maximum Gasteiger partial charge on any atom is 0.257 e. The van der Waals surface area contributed by atoms with Crippen LogP contribution in [-0.4, -0.2) is 23.6 Å². The molecule has 1 heterocycles. The van der Waals surface area contributed by atoms with Crippen LogP contribution in [0, 0.1) is 23.5 Å². The Hall–Kier alpha value is -2.78. The first-order valence-electron chi connectivity index (χ1n) is 7.11. The van der Waals surface area contributed by atoms with E-state index in [-0.39, 0.29) is 11.5 Å². The summed E-state index contributed by atoms with van der Waals surface area (Å²) in [6.45, 7) is 3.27. The highest BCUT2D eigenvalue weighted by Gasteiger charge is 2.27. The molecule has 0 aliphatic heterocycles. The Morgan fingerprint density at radius 2 is 1.96 bits per heavy atom. The monoisotopic (exact) mass is 330 g/mol. The van der Waals surface area contributed by atoms with E-state index < -0.39 is 17.2 Å². The van der Waals surface area contributed by atoms with Crippen LogP contribution in [0.15, 0.2) is 36.5 Å². The number of aromatic nitrogens is 1. The topological polar surface area (TPSA) is 51.2 Å². The molecule has 0 fully saturated rings. The number of rotatable bonds is 3. The average molecular weight is 330 g/mol. The van der Waals surface area contributed by atoms with Crippen molar-refractivity contribution in [3.05, 3.63) is 59.3 Å². The van der Waals surface area contributed by atoms with E-state index in [9.17, 15) is 13.6 Å². The summed E-state index contributed by atoms with van der Waals surface area (Å²) in [6.07, 6.45) is 1.43. The minimum absolute atomic E-state index is 0.0331. The summed E-state index contributed by atoms with van der Waals surface area (Å²) >= 11 is 0. The van der Waals surface area contributed by atoms with Gasteiger partial charge in [-0.25, -0.2) is 13.8 Å². The number of anilines is 1. The van der Waals surface area contributed by atoms with Crippen LogP contribution in [0.4, 0.5) is 14.6 Å². The molecular formula is C18H16F2N2O2. The van der Waals surface area contributed by atoms with Crippen molar-refractivity contribution in [2.45, 2.75) is 19.4 Å². The number of pyridine rings is 1. The van der Waals surface area contributed by atoms with Crippen molar-refractivity contribution in [3.8, 4) is 11.8 Å². The summed E-state index contributed by atoms with van der Waals surface area (Å²) in [4.78, 5) is 16.0. The summed E-state index contributed by atoms with van der Waals surface area (Å²) in [5.74, 6) is 4.10. The van der Waals surface area contributed by atoms with Gasteiger partial charge in [-0.05, 0) is 44.2 Å². The molecule has 1 aromatic carbocycles. The van der Waals surface area contributed by atoms with Crippen molar-refractivity contribution in [2.24, 2.45) is 0 Å². The van der Waals surface area contributed by atoms with Crippen LogP contribution in [-0.2, 0) is 9.53 Å². The number of amides is 1. The summed E-state index contributed by atoms with van der Waals surface area (Å²) in [7, 11) is 1.44. The standard InChI is InChI=1S/C18H16F2N2O2/c1-18(2,24-3)17(23)22-16-9-5-12(11-21-16)4-6-13-10-14(19)7-8-15(13)20/h5,7-11H,1-3H3,(H,21,22,23). The molecule has 1 amide bonds. The molecule has 2 aromatic rings. The Morgan fingerprint density at radius 1 is 1.21 bits per heavy atom. The van der Waals surface area contributed by atoms with Gasteiger partial charge in [-0.3, -0.25) is 4.79 Å². The molecule has 1 aromatic heterocycles. The number of benzene rings is 1. The number of carbonyl (C=O) groups excluding carboxylic acids is 1. The van der Waals surface area contributed by atoms with Gasteiger partial charge in [0, 0.05) is 18.9 Å². The second-order valence-corrected chi connectivity index (χ2v) is 5.47. The van der Waals surface area contributed by atoms with E-state index in [1.165, 1.54) is 13.3 Å². The van der Waals surface area contributed by atoms with Gasteiger partial charge in [0.05, 0.1) is 5.56 Å². The van der Waals surface area contributed by atoms with E-state index in [2.05, 4.69) is 22.1 Å². The molecular weight excluding hydrogens is 314 g/mol. The van der Waals surface area contributed by atoms with Crippen molar-refractivity contribution >= 4 is 11.7 Å². The zero-order chi connectivity index (χ0) is 17.7. The van der Waals surface area contributed by atoms with E-state index >= 15 is 0 Å². The average Bonchev–Trinajstić information content (AvgIpc) is 2.57. The highest BCUT2D eigenvalue weighted by Crippen LogP contribution is 2.12.